The summed E-state index contributed by atoms with van der Waals surface area (Å²) >= 11 is 0. The van der Waals surface area contributed by atoms with Crippen LogP contribution in [0.1, 0.15) is 11.1 Å². The summed E-state index contributed by atoms with van der Waals surface area (Å²) < 4.78 is 17.8. The molecule has 0 radical (unpaired) electrons. The summed E-state index contributed by atoms with van der Waals surface area (Å²) in [6.45, 7) is 0. The van der Waals surface area contributed by atoms with Gasteiger partial charge in [-0.1, -0.05) is 18.2 Å². The van der Waals surface area contributed by atoms with Gasteiger partial charge >= 0.3 is 5.76 Å². The zero-order valence-corrected chi connectivity index (χ0v) is 9.44. The van der Waals surface area contributed by atoms with Crippen LogP contribution in [0.3, 0.4) is 0 Å². The van der Waals surface area contributed by atoms with E-state index in [2.05, 4.69) is 4.98 Å². The highest BCUT2D eigenvalue weighted by molar-refractivity contribution is 5.72. The smallest absolute Gasteiger partial charge is 0.408 e. The summed E-state index contributed by atoms with van der Waals surface area (Å²) in [5, 5.41) is 0. The molecule has 0 bridgehead atoms. The molecule has 3 rings (SSSR count). The van der Waals surface area contributed by atoms with Crippen LogP contribution < -0.4 is 5.76 Å². The van der Waals surface area contributed by atoms with Crippen LogP contribution in [0.5, 0.6) is 0 Å². The van der Waals surface area contributed by atoms with Crippen molar-refractivity contribution in [2.75, 3.05) is 0 Å². The number of aromatic nitrogens is 1. The second-order valence-corrected chi connectivity index (χ2v) is 4.15. The predicted octanol–water partition coefficient (Wildman–Crippen LogP) is 2.85. The zero-order valence-electron chi connectivity index (χ0n) is 9.44. The Balaban J connectivity index is 1.94. The van der Waals surface area contributed by atoms with Crippen molar-refractivity contribution in [3.8, 4) is 0 Å². The van der Waals surface area contributed by atoms with E-state index in [4.69, 9.17) is 4.42 Å². The largest absolute Gasteiger partial charge is 0.417 e. The number of hydrogen-bond acceptors (Lipinski definition) is 2. The van der Waals surface area contributed by atoms with E-state index in [1.54, 1.807) is 18.2 Å². The molecule has 0 amide bonds. The lowest BCUT2D eigenvalue weighted by molar-refractivity contribution is 0.555. The lowest BCUT2D eigenvalue weighted by Gasteiger charge is -2.01. The highest BCUT2D eigenvalue weighted by Crippen LogP contribution is 2.16. The van der Waals surface area contributed by atoms with Gasteiger partial charge < -0.3 is 4.42 Å². The SMILES string of the molecule is O=c1[nH]c2ccc(Cc3ccc(F)cc3)cc2o1. The number of hydrogen-bond donors (Lipinski definition) is 1. The molecule has 0 fully saturated rings. The standard InChI is InChI=1S/C14H10FNO2/c15-11-4-1-9(2-5-11)7-10-3-6-12-13(8-10)18-14(17)16-12/h1-6,8H,7H2,(H,16,17). The van der Waals surface area contributed by atoms with Crippen LogP contribution in [0.4, 0.5) is 4.39 Å². The van der Waals surface area contributed by atoms with Gasteiger partial charge in [0.1, 0.15) is 5.82 Å². The first-order valence-electron chi connectivity index (χ1n) is 5.57. The molecule has 4 heteroatoms. The number of benzene rings is 2. The first-order chi connectivity index (χ1) is 8.70. The van der Waals surface area contributed by atoms with Gasteiger partial charge in [0.25, 0.3) is 0 Å². The fraction of sp³-hybridized carbons (Fsp3) is 0.0714. The van der Waals surface area contributed by atoms with E-state index in [0.717, 1.165) is 11.1 Å². The molecule has 1 aromatic heterocycles. The van der Waals surface area contributed by atoms with Crippen LogP contribution in [0.25, 0.3) is 11.1 Å². The van der Waals surface area contributed by atoms with Crippen molar-refractivity contribution in [3.05, 3.63) is 70.0 Å². The van der Waals surface area contributed by atoms with Gasteiger partial charge in [0.2, 0.25) is 0 Å². The second-order valence-electron chi connectivity index (χ2n) is 4.15. The molecule has 90 valence electrons. The van der Waals surface area contributed by atoms with Crippen LogP contribution >= 0.6 is 0 Å². The maximum absolute atomic E-state index is 12.8. The summed E-state index contributed by atoms with van der Waals surface area (Å²) in [6, 6.07) is 11.9. The lowest BCUT2D eigenvalue weighted by atomic mass is 10.0. The first kappa shape index (κ1) is 10.8. The molecule has 3 nitrogen and oxygen atoms in total. The minimum absolute atomic E-state index is 0.245. The van der Waals surface area contributed by atoms with Crippen molar-refractivity contribution >= 4 is 11.1 Å². The third-order valence-electron chi connectivity index (χ3n) is 2.81. The van der Waals surface area contributed by atoms with Gasteiger partial charge in [-0.05, 0) is 41.8 Å². The molecule has 1 heterocycles. The number of fused-ring (bicyclic) bond motifs is 1. The molecule has 0 aliphatic heterocycles. The van der Waals surface area contributed by atoms with E-state index in [0.29, 0.717) is 17.5 Å². The maximum Gasteiger partial charge on any atom is 0.417 e. The highest BCUT2D eigenvalue weighted by Gasteiger charge is 2.03. The maximum atomic E-state index is 12.8. The van der Waals surface area contributed by atoms with E-state index < -0.39 is 5.76 Å². The quantitative estimate of drug-likeness (QED) is 0.752. The Hall–Kier alpha value is -2.36. The predicted molar refractivity (Wildman–Crippen MR) is 66.0 cm³/mol. The topological polar surface area (TPSA) is 46.0 Å². The van der Waals surface area contributed by atoms with E-state index in [9.17, 15) is 9.18 Å². The second kappa shape index (κ2) is 4.14. The normalized spacial score (nSPS) is 10.9. The van der Waals surface area contributed by atoms with Gasteiger partial charge in [0, 0.05) is 0 Å². The number of rotatable bonds is 2. The third kappa shape index (κ3) is 2.05. The minimum Gasteiger partial charge on any atom is -0.408 e. The Kier molecular flexibility index (Phi) is 2.48. The van der Waals surface area contributed by atoms with Crippen molar-refractivity contribution in [2.45, 2.75) is 6.42 Å². The Bertz CT molecular complexity index is 740. The van der Waals surface area contributed by atoms with Crippen LogP contribution in [-0.2, 0) is 6.42 Å². The van der Waals surface area contributed by atoms with Crippen LogP contribution in [0, 0.1) is 5.82 Å². The number of H-pyrrole nitrogens is 1. The van der Waals surface area contributed by atoms with E-state index in [-0.39, 0.29) is 5.82 Å². The third-order valence-corrected chi connectivity index (χ3v) is 2.81. The van der Waals surface area contributed by atoms with E-state index >= 15 is 0 Å². The van der Waals surface area contributed by atoms with Gasteiger partial charge in [-0.25, -0.2) is 9.18 Å². The van der Waals surface area contributed by atoms with Crippen molar-refractivity contribution in [1.29, 1.82) is 0 Å². The molecule has 18 heavy (non-hydrogen) atoms. The van der Waals surface area contributed by atoms with Crippen LogP contribution in [0.15, 0.2) is 51.7 Å². The molecular formula is C14H10FNO2. The number of nitrogens with one attached hydrogen (secondary N) is 1. The average molecular weight is 243 g/mol. The Labute approximate surface area is 102 Å². The summed E-state index contributed by atoms with van der Waals surface area (Å²) in [6.07, 6.45) is 0.672. The zero-order chi connectivity index (χ0) is 12.5. The Morgan fingerprint density at radius 2 is 1.78 bits per heavy atom. The number of oxazole rings is 1. The fourth-order valence-corrected chi connectivity index (χ4v) is 1.94. The summed E-state index contributed by atoms with van der Waals surface area (Å²) in [7, 11) is 0. The minimum atomic E-state index is -0.455. The molecule has 0 atom stereocenters. The van der Waals surface area contributed by atoms with Gasteiger partial charge in [-0.2, -0.15) is 0 Å². The Morgan fingerprint density at radius 1 is 1.06 bits per heavy atom. The van der Waals surface area contributed by atoms with E-state index in [1.807, 2.05) is 12.1 Å². The monoisotopic (exact) mass is 243 g/mol. The summed E-state index contributed by atoms with van der Waals surface area (Å²) in [4.78, 5) is 13.6. The molecule has 1 N–H and O–H groups in total. The van der Waals surface area contributed by atoms with Gasteiger partial charge in [-0.3, -0.25) is 4.98 Å². The first-order valence-corrected chi connectivity index (χ1v) is 5.57. The molecule has 0 saturated carbocycles. The van der Waals surface area contributed by atoms with Gasteiger partial charge in [0.05, 0.1) is 5.52 Å². The molecule has 0 aliphatic rings. The molecule has 0 aliphatic carbocycles. The summed E-state index contributed by atoms with van der Waals surface area (Å²) in [5.74, 6) is -0.699. The van der Waals surface area contributed by atoms with Crippen molar-refractivity contribution < 1.29 is 8.81 Å². The average Bonchev–Trinajstić information content (AvgIpc) is 2.71. The number of halogens is 1. The van der Waals surface area contributed by atoms with Crippen LogP contribution in [-0.4, -0.2) is 4.98 Å². The van der Waals surface area contributed by atoms with E-state index in [1.165, 1.54) is 12.1 Å². The molecule has 0 unspecified atom stereocenters. The molecule has 2 aromatic carbocycles. The van der Waals surface area contributed by atoms with Gasteiger partial charge in [0.15, 0.2) is 5.58 Å². The van der Waals surface area contributed by atoms with Gasteiger partial charge in [-0.15, -0.1) is 0 Å². The van der Waals surface area contributed by atoms with Crippen molar-refractivity contribution in [1.82, 2.24) is 4.98 Å². The van der Waals surface area contributed by atoms with Crippen molar-refractivity contribution in [3.63, 3.8) is 0 Å². The molecule has 0 spiro atoms. The Morgan fingerprint density at radius 3 is 2.56 bits per heavy atom. The lowest BCUT2D eigenvalue weighted by Crippen LogP contribution is -1.92. The highest BCUT2D eigenvalue weighted by atomic mass is 19.1. The van der Waals surface area contributed by atoms with Crippen LogP contribution in [0.2, 0.25) is 0 Å². The molecular weight excluding hydrogens is 233 g/mol. The fourth-order valence-electron chi connectivity index (χ4n) is 1.94. The summed E-state index contributed by atoms with van der Waals surface area (Å²) in [5.41, 5.74) is 3.24. The number of aromatic amines is 1. The molecule has 0 saturated heterocycles. The van der Waals surface area contributed by atoms with Crippen molar-refractivity contribution in [2.24, 2.45) is 0 Å². The molecule has 3 aromatic rings.